The third-order valence-electron chi connectivity index (χ3n) is 2.87. The molecule has 0 radical (unpaired) electrons. The molecule has 0 spiro atoms. The van der Waals surface area contributed by atoms with Crippen LogP contribution < -0.4 is 11.1 Å². The molecule has 4 nitrogen and oxygen atoms in total. The van der Waals surface area contributed by atoms with Gasteiger partial charge in [-0.1, -0.05) is 12.1 Å². The van der Waals surface area contributed by atoms with Crippen molar-refractivity contribution >= 4 is 28.1 Å². The molecule has 0 aliphatic carbocycles. The van der Waals surface area contributed by atoms with Gasteiger partial charge in [0, 0.05) is 11.4 Å². The standard InChI is InChI=1S/C15H15FN2O2S/c1-10-8-11(17)6-7-13(10)18-15(19)9-21(20)14-5-3-2-4-12(14)16/h2-8H,9,17H2,1H3,(H,18,19). The number of nitrogens with two attached hydrogens (primary N) is 1. The summed E-state index contributed by atoms with van der Waals surface area (Å²) in [5.74, 6) is -1.32. The number of hydrogen-bond donors (Lipinski definition) is 2. The van der Waals surface area contributed by atoms with Crippen LogP contribution in [0.4, 0.5) is 15.8 Å². The molecular formula is C15H15FN2O2S. The van der Waals surface area contributed by atoms with Crippen LogP contribution in [0.5, 0.6) is 0 Å². The summed E-state index contributed by atoms with van der Waals surface area (Å²) in [6.07, 6.45) is 0. The van der Waals surface area contributed by atoms with Crippen LogP contribution >= 0.6 is 0 Å². The maximum absolute atomic E-state index is 13.5. The predicted molar refractivity (Wildman–Crippen MR) is 81.9 cm³/mol. The molecule has 1 unspecified atom stereocenters. The van der Waals surface area contributed by atoms with Gasteiger partial charge in [-0.25, -0.2) is 4.39 Å². The third kappa shape index (κ3) is 3.88. The zero-order valence-corrected chi connectivity index (χ0v) is 12.2. The molecule has 0 aromatic heterocycles. The second-order valence-electron chi connectivity index (χ2n) is 4.54. The fourth-order valence-electron chi connectivity index (χ4n) is 1.84. The van der Waals surface area contributed by atoms with Crippen molar-refractivity contribution in [2.24, 2.45) is 0 Å². The highest BCUT2D eigenvalue weighted by Gasteiger charge is 2.14. The van der Waals surface area contributed by atoms with E-state index in [2.05, 4.69) is 5.32 Å². The number of anilines is 2. The lowest BCUT2D eigenvalue weighted by molar-refractivity contribution is -0.113. The normalized spacial score (nSPS) is 11.9. The van der Waals surface area contributed by atoms with E-state index in [0.717, 1.165) is 5.56 Å². The number of rotatable bonds is 4. The summed E-state index contributed by atoms with van der Waals surface area (Å²) >= 11 is 0. The summed E-state index contributed by atoms with van der Waals surface area (Å²) in [5.41, 5.74) is 7.63. The van der Waals surface area contributed by atoms with Crippen molar-refractivity contribution in [1.82, 2.24) is 0 Å². The molecule has 3 N–H and O–H groups in total. The van der Waals surface area contributed by atoms with E-state index in [0.29, 0.717) is 11.4 Å². The minimum atomic E-state index is -1.72. The van der Waals surface area contributed by atoms with Crippen LogP contribution in [-0.4, -0.2) is 15.9 Å². The van der Waals surface area contributed by atoms with E-state index < -0.39 is 22.5 Å². The van der Waals surface area contributed by atoms with E-state index in [1.54, 1.807) is 31.2 Å². The van der Waals surface area contributed by atoms with E-state index in [9.17, 15) is 13.4 Å². The monoisotopic (exact) mass is 306 g/mol. The second-order valence-corrected chi connectivity index (χ2v) is 5.96. The topological polar surface area (TPSA) is 72.2 Å². The highest BCUT2D eigenvalue weighted by atomic mass is 32.2. The molecule has 2 aromatic carbocycles. The zero-order chi connectivity index (χ0) is 15.4. The summed E-state index contributed by atoms with van der Waals surface area (Å²) < 4.78 is 25.5. The van der Waals surface area contributed by atoms with Crippen LogP contribution in [0.25, 0.3) is 0 Å². The lowest BCUT2D eigenvalue weighted by Crippen LogP contribution is -2.20. The Hall–Kier alpha value is -2.21. The number of halogens is 1. The van der Waals surface area contributed by atoms with Crippen molar-refractivity contribution < 1.29 is 13.4 Å². The summed E-state index contributed by atoms with van der Waals surface area (Å²) in [6, 6.07) is 10.8. The van der Waals surface area contributed by atoms with Gasteiger partial charge < -0.3 is 11.1 Å². The molecule has 1 atom stereocenters. The Morgan fingerprint density at radius 2 is 2.00 bits per heavy atom. The Kier molecular flexibility index (Phi) is 4.70. The van der Waals surface area contributed by atoms with Crippen molar-refractivity contribution in [2.75, 3.05) is 16.8 Å². The van der Waals surface area contributed by atoms with Gasteiger partial charge in [-0.3, -0.25) is 9.00 Å². The summed E-state index contributed by atoms with van der Waals surface area (Å²) in [7, 11) is -1.72. The molecule has 0 saturated heterocycles. The maximum atomic E-state index is 13.5. The number of nitrogens with one attached hydrogen (secondary N) is 1. The van der Waals surface area contributed by atoms with Gasteiger partial charge in [0.1, 0.15) is 11.6 Å². The van der Waals surface area contributed by atoms with E-state index in [1.165, 1.54) is 18.2 Å². The first kappa shape index (κ1) is 15.2. The van der Waals surface area contributed by atoms with Gasteiger partial charge in [0.05, 0.1) is 15.7 Å². The smallest absolute Gasteiger partial charge is 0.237 e. The number of nitrogen functional groups attached to an aromatic ring is 1. The van der Waals surface area contributed by atoms with Crippen LogP contribution in [0, 0.1) is 12.7 Å². The van der Waals surface area contributed by atoms with E-state index in [4.69, 9.17) is 5.73 Å². The third-order valence-corrected chi connectivity index (χ3v) is 4.21. The van der Waals surface area contributed by atoms with Crippen molar-refractivity contribution in [3.05, 3.63) is 53.8 Å². The number of carbonyl (C=O) groups is 1. The lowest BCUT2D eigenvalue weighted by atomic mass is 10.2. The van der Waals surface area contributed by atoms with Gasteiger partial charge in [-0.05, 0) is 42.8 Å². The van der Waals surface area contributed by atoms with Gasteiger partial charge in [-0.15, -0.1) is 0 Å². The summed E-state index contributed by atoms with van der Waals surface area (Å²) in [6.45, 7) is 1.81. The second kappa shape index (κ2) is 6.49. The fraction of sp³-hybridized carbons (Fsp3) is 0.133. The highest BCUT2D eigenvalue weighted by molar-refractivity contribution is 7.85. The van der Waals surface area contributed by atoms with Gasteiger partial charge in [0.2, 0.25) is 5.91 Å². The van der Waals surface area contributed by atoms with Crippen LogP contribution in [0.1, 0.15) is 5.56 Å². The van der Waals surface area contributed by atoms with E-state index in [-0.39, 0.29) is 10.6 Å². The molecule has 0 saturated carbocycles. The molecule has 2 rings (SSSR count). The number of benzene rings is 2. The number of amides is 1. The molecule has 6 heteroatoms. The van der Waals surface area contributed by atoms with Gasteiger partial charge in [0.15, 0.2) is 0 Å². The van der Waals surface area contributed by atoms with Crippen LogP contribution in [0.15, 0.2) is 47.4 Å². The Labute approximate surface area is 124 Å². The number of aryl methyl sites for hydroxylation is 1. The van der Waals surface area contributed by atoms with Crippen LogP contribution in [0.2, 0.25) is 0 Å². The largest absolute Gasteiger partial charge is 0.399 e. The summed E-state index contributed by atoms with van der Waals surface area (Å²) in [5, 5.41) is 2.65. The average Bonchev–Trinajstić information content (AvgIpc) is 2.42. The van der Waals surface area contributed by atoms with Crippen LogP contribution in [-0.2, 0) is 15.6 Å². The number of carbonyl (C=O) groups excluding carboxylic acids is 1. The minimum absolute atomic E-state index is 0.0293. The molecule has 0 heterocycles. The zero-order valence-electron chi connectivity index (χ0n) is 11.4. The molecule has 2 aromatic rings. The lowest BCUT2D eigenvalue weighted by Gasteiger charge is -2.09. The molecular weight excluding hydrogens is 291 g/mol. The summed E-state index contributed by atoms with van der Waals surface area (Å²) in [4.78, 5) is 11.9. The predicted octanol–water partition coefficient (Wildman–Crippen LogP) is 2.46. The van der Waals surface area contributed by atoms with E-state index >= 15 is 0 Å². The quantitative estimate of drug-likeness (QED) is 0.852. The molecule has 21 heavy (non-hydrogen) atoms. The first-order valence-electron chi connectivity index (χ1n) is 6.26. The first-order valence-corrected chi connectivity index (χ1v) is 7.58. The Bertz CT molecular complexity index is 704. The van der Waals surface area contributed by atoms with Crippen molar-refractivity contribution in [2.45, 2.75) is 11.8 Å². The van der Waals surface area contributed by atoms with Gasteiger partial charge >= 0.3 is 0 Å². The Balaban J connectivity index is 2.05. The van der Waals surface area contributed by atoms with E-state index in [1.807, 2.05) is 0 Å². The first-order chi connectivity index (χ1) is 9.97. The van der Waals surface area contributed by atoms with Crippen molar-refractivity contribution in [3.63, 3.8) is 0 Å². The molecule has 0 aliphatic rings. The molecule has 0 aliphatic heterocycles. The molecule has 0 bridgehead atoms. The Morgan fingerprint density at radius 1 is 1.29 bits per heavy atom. The van der Waals surface area contributed by atoms with Crippen molar-refractivity contribution in [1.29, 1.82) is 0 Å². The molecule has 110 valence electrons. The highest BCUT2D eigenvalue weighted by Crippen LogP contribution is 2.18. The minimum Gasteiger partial charge on any atom is -0.399 e. The molecule has 1 amide bonds. The maximum Gasteiger partial charge on any atom is 0.237 e. The SMILES string of the molecule is Cc1cc(N)ccc1NC(=O)CS(=O)c1ccccc1F. The van der Waals surface area contributed by atoms with Crippen molar-refractivity contribution in [3.8, 4) is 0 Å². The van der Waals surface area contributed by atoms with Gasteiger partial charge in [0.25, 0.3) is 0 Å². The number of hydrogen-bond acceptors (Lipinski definition) is 3. The molecule has 0 fully saturated rings. The van der Waals surface area contributed by atoms with Gasteiger partial charge in [-0.2, -0.15) is 0 Å². The fourth-order valence-corrected chi connectivity index (χ4v) is 2.82. The Morgan fingerprint density at radius 3 is 2.67 bits per heavy atom. The average molecular weight is 306 g/mol. The van der Waals surface area contributed by atoms with Crippen LogP contribution in [0.3, 0.4) is 0 Å².